The third-order valence-corrected chi connectivity index (χ3v) is 21.6. The lowest BCUT2D eigenvalue weighted by Gasteiger charge is -2.61. The molecule has 0 radical (unpaired) electrons. The molecule has 13 aliphatic rings. The van der Waals surface area contributed by atoms with Gasteiger partial charge in [-0.15, -0.1) is 0 Å². The standard InChI is InChI=1S/C17H26O2.C16H22O6.C14H20O3.C13H16O8S/c1-10(2)16(18)19-17(11(3)4)14-6-12-5-13(8-14)9-15(17)7-12;1-10(2)11(17)20-8-9-21-13(19)16-7-6-15(5,12(18)22-16)14(16,3)4;1-9(2)12(15)17-14-6-10-3-11(7-14)5-13(16,4-10)8-14;1-5(2)12(14)18-6(3)13(15)20-9-7-4-8-10(19-7)11(9)21-22(8,16)17/h11-15H,1,5-9H2,2-4H3;1,6-9H2,2-5H3;10-11,16H,1,3-8H2,2H3;6-11H,1,4H2,2-3H3. The molecule has 9 saturated carbocycles. The van der Waals surface area contributed by atoms with Gasteiger partial charge in [0.15, 0.2) is 12.2 Å². The van der Waals surface area contributed by atoms with E-state index in [1.165, 1.54) is 59.3 Å². The Kier molecular flexibility index (Phi) is 16.8. The quantitative estimate of drug-likeness (QED) is 0.0577. The van der Waals surface area contributed by atoms with Gasteiger partial charge in [0.1, 0.15) is 41.9 Å². The molecule has 19 nitrogen and oxygen atoms in total. The molecule has 1 N–H and O–H groups in total. The van der Waals surface area contributed by atoms with Gasteiger partial charge in [0.05, 0.1) is 17.1 Å². The summed E-state index contributed by atoms with van der Waals surface area (Å²) >= 11 is 0. The molecular weight excluding hydrogens is 1060 g/mol. The summed E-state index contributed by atoms with van der Waals surface area (Å²) in [6.07, 6.45) is 9.44. The minimum absolute atomic E-state index is 0.0564. The van der Waals surface area contributed by atoms with Crippen molar-refractivity contribution in [2.24, 2.45) is 52.3 Å². The number of hydrogen-bond acceptors (Lipinski definition) is 19. The third-order valence-electron chi connectivity index (χ3n) is 19.9. The van der Waals surface area contributed by atoms with Gasteiger partial charge in [-0.1, -0.05) is 54.0 Å². The van der Waals surface area contributed by atoms with Crippen molar-refractivity contribution in [3.63, 3.8) is 0 Å². The molecular formula is C60H84O19S. The van der Waals surface area contributed by atoms with Crippen molar-refractivity contribution in [2.75, 3.05) is 13.2 Å². The topological polar surface area (TPSA) is 257 Å². The van der Waals surface area contributed by atoms with Gasteiger partial charge in [-0.25, -0.2) is 28.8 Å². The van der Waals surface area contributed by atoms with Gasteiger partial charge < -0.3 is 43.0 Å². The molecule has 0 amide bonds. The lowest BCUT2D eigenvalue weighted by molar-refractivity contribution is -0.221. The number of aliphatic hydroxyl groups is 1. The second-order valence-electron chi connectivity index (χ2n) is 26.4. The summed E-state index contributed by atoms with van der Waals surface area (Å²) < 4.78 is 71.3. The van der Waals surface area contributed by atoms with Crippen molar-refractivity contribution in [1.82, 2.24) is 0 Å². The van der Waals surface area contributed by atoms with Crippen LogP contribution in [0.4, 0.5) is 0 Å². The Morgan fingerprint density at radius 1 is 0.675 bits per heavy atom. The van der Waals surface area contributed by atoms with E-state index in [0.29, 0.717) is 60.0 Å². The molecule has 13 fully saturated rings. The number of fused-ring (bicyclic) bond motifs is 3. The first kappa shape index (κ1) is 61.2. The normalized spacial score (nSPS) is 39.6. The SMILES string of the molecule is C=C(C)C(=O)OC(C)C(=O)OC1C2CC3C(O2)C1OS3(=O)=O.C=C(C)C(=O)OC1(C(C)C)C2CC3CC(C2)CC1C3.C=C(C)C(=O)OC12CC3CC(CC(O)(C3)C1)C2.C=C(C)C(=O)OCCOC(=O)C12CCC(C)(C(=O)O1)C2(C)C. The van der Waals surface area contributed by atoms with Gasteiger partial charge >= 0.3 is 41.8 Å². The van der Waals surface area contributed by atoms with Crippen LogP contribution >= 0.6 is 0 Å². The van der Waals surface area contributed by atoms with Crippen LogP contribution in [0.2, 0.25) is 0 Å². The minimum atomic E-state index is -3.66. The van der Waals surface area contributed by atoms with Crippen molar-refractivity contribution >= 4 is 51.9 Å². The zero-order valence-electron chi connectivity index (χ0n) is 48.4. The Balaban J connectivity index is 0.000000141. The Labute approximate surface area is 470 Å². The first-order valence-electron chi connectivity index (χ1n) is 28.5. The molecule has 10 unspecified atom stereocenters. The summed E-state index contributed by atoms with van der Waals surface area (Å²) in [6.45, 7) is 31.9. The highest BCUT2D eigenvalue weighted by atomic mass is 32.2. The van der Waals surface area contributed by atoms with Crippen molar-refractivity contribution in [1.29, 1.82) is 0 Å². The third kappa shape index (κ3) is 11.1. The lowest BCUT2D eigenvalue weighted by atomic mass is 9.47. The zero-order valence-corrected chi connectivity index (χ0v) is 49.2. The first-order chi connectivity index (χ1) is 37.1. The molecule has 20 heteroatoms. The number of ether oxygens (including phenoxy) is 8. The van der Waals surface area contributed by atoms with Crippen LogP contribution in [0.25, 0.3) is 0 Å². The van der Waals surface area contributed by atoms with E-state index in [1.807, 2.05) is 20.8 Å². The monoisotopic (exact) mass is 1140 g/mol. The van der Waals surface area contributed by atoms with Gasteiger partial charge in [0, 0.05) is 34.1 Å². The number of carbonyl (C=O) groups is 7. The zero-order chi connectivity index (χ0) is 59.0. The predicted molar refractivity (Wildman–Crippen MR) is 287 cm³/mol. The summed E-state index contributed by atoms with van der Waals surface area (Å²) in [7, 11) is -3.66. The largest absolute Gasteiger partial charge is 0.459 e. The molecule has 12 bridgehead atoms. The molecule has 0 aromatic rings. The van der Waals surface area contributed by atoms with E-state index in [9.17, 15) is 47.1 Å². The first-order valence-corrected chi connectivity index (χ1v) is 30.0. The van der Waals surface area contributed by atoms with E-state index in [0.717, 1.165) is 37.5 Å². The number of esters is 7. The van der Waals surface area contributed by atoms with Crippen molar-refractivity contribution in [3.05, 3.63) is 48.6 Å². The Bertz CT molecular complexity index is 2660. The summed E-state index contributed by atoms with van der Waals surface area (Å²) in [6, 6.07) is 0. The number of rotatable bonds is 14. The fraction of sp³-hybridized carbons (Fsp3) is 0.750. The van der Waals surface area contributed by atoms with Crippen LogP contribution in [0.5, 0.6) is 0 Å². The van der Waals surface area contributed by atoms with Crippen LogP contribution in [0, 0.1) is 52.3 Å². The molecule has 0 aromatic carbocycles. The summed E-state index contributed by atoms with van der Waals surface area (Å²) in [5.74, 6) is 1.06. The molecule has 80 heavy (non-hydrogen) atoms. The van der Waals surface area contributed by atoms with Gasteiger partial charge in [-0.3, -0.25) is 8.98 Å². The van der Waals surface area contributed by atoms with Crippen LogP contribution in [0.15, 0.2) is 48.6 Å². The maximum atomic E-state index is 12.4. The number of carbonyl (C=O) groups excluding carboxylic acids is 7. The van der Waals surface area contributed by atoms with Crippen LogP contribution in [0.1, 0.15) is 159 Å². The second kappa shape index (κ2) is 22.0. The summed E-state index contributed by atoms with van der Waals surface area (Å²) in [5.41, 5.74) is -2.28. The molecule has 4 aliphatic heterocycles. The van der Waals surface area contributed by atoms with E-state index in [-0.39, 0.29) is 54.3 Å². The summed E-state index contributed by atoms with van der Waals surface area (Å²) in [4.78, 5) is 83.0. The van der Waals surface area contributed by atoms with Crippen molar-refractivity contribution < 1.29 is 89.2 Å². The van der Waals surface area contributed by atoms with E-state index in [1.54, 1.807) is 13.8 Å². The molecule has 444 valence electrons. The van der Waals surface area contributed by atoms with Crippen LogP contribution in [-0.2, 0) is 85.8 Å². The van der Waals surface area contributed by atoms with Crippen molar-refractivity contribution in [3.8, 4) is 0 Å². The highest BCUT2D eigenvalue weighted by Crippen LogP contribution is 2.66. The van der Waals surface area contributed by atoms with E-state index >= 15 is 0 Å². The van der Waals surface area contributed by atoms with Crippen molar-refractivity contribution in [2.45, 2.75) is 217 Å². The Morgan fingerprint density at radius 3 is 1.69 bits per heavy atom. The Hall–Kier alpha value is -4.92. The molecule has 13 rings (SSSR count). The van der Waals surface area contributed by atoms with Gasteiger partial charge in [-0.2, -0.15) is 8.42 Å². The van der Waals surface area contributed by atoms with E-state index in [4.69, 9.17) is 42.1 Å². The second-order valence-corrected chi connectivity index (χ2v) is 28.2. The van der Waals surface area contributed by atoms with E-state index in [2.05, 4.69) is 40.2 Å². The minimum Gasteiger partial charge on any atom is -0.459 e. The molecule has 10 atom stereocenters. The van der Waals surface area contributed by atoms with Gasteiger partial charge in [-0.05, 0) is 166 Å². The van der Waals surface area contributed by atoms with Crippen LogP contribution < -0.4 is 0 Å². The average Bonchev–Trinajstić information content (AvgIpc) is 4.06. The highest BCUT2D eigenvalue weighted by Gasteiger charge is 2.76. The van der Waals surface area contributed by atoms with E-state index < -0.39 is 97.4 Å². The lowest BCUT2D eigenvalue weighted by Crippen LogP contribution is -2.62. The van der Waals surface area contributed by atoms with Crippen LogP contribution in [0.3, 0.4) is 0 Å². The fourth-order valence-corrected chi connectivity index (χ4v) is 17.7. The molecule has 9 aliphatic carbocycles. The highest BCUT2D eigenvalue weighted by molar-refractivity contribution is 7.87. The molecule has 0 spiro atoms. The summed E-state index contributed by atoms with van der Waals surface area (Å²) in [5, 5.41) is 9.82. The maximum Gasteiger partial charge on any atom is 0.351 e. The smallest absolute Gasteiger partial charge is 0.351 e. The molecule has 0 aromatic heterocycles. The predicted octanol–water partition coefficient (Wildman–Crippen LogP) is 7.59. The maximum absolute atomic E-state index is 12.4. The molecule has 4 saturated heterocycles. The van der Waals surface area contributed by atoms with Gasteiger partial charge in [0.25, 0.3) is 10.1 Å². The Morgan fingerprint density at radius 2 is 1.20 bits per heavy atom. The number of hydrogen-bond donors (Lipinski definition) is 1. The van der Waals surface area contributed by atoms with Gasteiger partial charge in [0.2, 0.25) is 5.60 Å². The fourth-order valence-electron chi connectivity index (χ4n) is 16.0. The molecule has 4 heterocycles. The van der Waals surface area contributed by atoms with Crippen LogP contribution in [-0.4, -0.2) is 127 Å². The average molecular weight is 1140 g/mol.